The summed E-state index contributed by atoms with van der Waals surface area (Å²) in [5, 5.41) is 0. The average molecular weight is 283 g/mol. The Morgan fingerprint density at radius 1 is 1.05 bits per heavy atom. The van der Waals surface area contributed by atoms with Gasteiger partial charge < -0.3 is 10.6 Å². The second-order valence-electron chi connectivity index (χ2n) is 5.19. The van der Waals surface area contributed by atoms with Crippen molar-refractivity contribution >= 4 is 0 Å². The van der Waals surface area contributed by atoms with Gasteiger partial charge in [0.2, 0.25) is 0 Å². The van der Waals surface area contributed by atoms with E-state index in [1.54, 1.807) is 12.1 Å². The summed E-state index contributed by atoms with van der Waals surface area (Å²) in [5.74, 6) is 0. The summed E-state index contributed by atoms with van der Waals surface area (Å²) in [7, 11) is 0. The van der Waals surface area contributed by atoms with Crippen LogP contribution in [-0.4, -0.2) is 49.1 Å². The fourth-order valence-corrected chi connectivity index (χ4v) is 2.75. The molecule has 0 saturated carbocycles. The van der Waals surface area contributed by atoms with Crippen LogP contribution in [0.1, 0.15) is 30.5 Å². The summed E-state index contributed by atoms with van der Waals surface area (Å²) in [5.41, 5.74) is 7.00. The van der Waals surface area contributed by atoms with Gasteiger partial charge in [0.05, 0.1) is 0 Å². The minimum absolute atomic E-state index is 0.0697. The third-order valence-electron chi connectivity index (χ3n) is 4.09. The highest BCUT2D eigenvalue weighted by atomic mass is 19.3. The number of piperazine rings is 1. The SMILES string of the molecule is CCN1CCN(C(CN)c2ccc(C(F)F)cc2)CC1. The van der Waals surface area contributed by atoms with E-state index in [9.17, 15) is 8.78 Å². The molecule has 0 spiro atoms. The second-order valence-corrected chi connectivity index (χ2v) is 5.19. The fraction of sp³-hybridized carbons (Fsp3) is 0.600. The van der Waals surface area contributed by atoms with Crippen molar-refractivity contribution in [1.29, 1.82) is 0 Å². The maximum atomic E-state index is 12.6. The molecule has 1 heterocycles. The van der Waals surface area contributed by atoms with Crippen LogP contribution in [0, 0.1) is 0 Å². The number of hydrogen-bond donors (Lipinski definition) is 1. The van der Waals surface area contributed by atoms with Gasteiger partial charge in [-0.1, -0.05) is 31.2 Å². The van der Waals surface area contributed by atoms with Crippen LogP contribution in [0.3, 0.4) is 0 Å². The molecule has 1 aliphatic rings. The molecule has 0 radical (unpaired) electrons. The number of likely N-dealkylation sites (N-methyl/N-ethyl adjacent to an activating group) is 1. The zero-order chi connectivity index (χ0) is 14.5. The molecule has 1 aromatic carbocycles. The van der Waals surface area contributed by atoms with Crippen molar-refractivity contribution in [1.82, 2.24) is 9.80 Å². The van der Waals surface area contributed by atoms with E-state index in [1.165, 1.54) is 12.1 Å². The van der Waals surface area contributed by atoms with Crippen molar-refractivity contribution in [3.63, 3.8) is 0 Å². The highest BCUT2D eigenvalue weighted by molar-refractivity contribution is 5.26. The smallest absolute Gasteiger partial charge is 0.263 e. The van der Waals surface area contributed by atoms with E-state index >= 15 is 0 Å². The number of nitrogens with zero attached hydrogens (tertiary/aromatic N) is 2. The lowest BCUT2D eigenvalue weighted by molar-refractivity contribution is 0.102. The zero-order valence-corrected chi connectivity index (χ0v) is 11.9. The Kier molecular flexibility index (Phi) is 5.46. The monoisotopic (exact) mass is 283 g/mol. The Bertz CT molecular complexity index is 400. The largest absolute Gasteiger partial charge is 0.329 e. The van der Waals surface area contributed by atoms with Crippen molar-refractivity contribution in [2.45, 2.75) is 19.4 Å². The van der Waals surface area contributed by atoms with Crippen molar-refractivity contribution in [3.8, 4) is 0 Å². The molecule has 0 aliphatic carbocycles. The van der Waals surface area contributed by atoms with Crippen LogP contribution in [0.25, 0.3) is 0 Å². The molecule has 0 aromatic heterocycles. The van der Waals surface area contributed by atoms with E-state index in [2.05, 4.69) is 16.7 Å². The van der Waals surface area contributed by atoms with Gasteiger partial charge in [0.25, 0.3) is 6.43 Å². The summed E-state index contributed by atoms with van der Waals surface area (Å²) in [6.45, 7) is 7.80. The Labute approximate surface area is 119 Å². The van der Waals surface area contributed by atoms with E-state index < -0.39 is 6.43 Å². The van der Waals surface area contributed by atoms with E-state index in [0.29, 0.717) is 6.54 Å². The molecule has 3 nitrogen and oxygen atoms in total. The highest BCUT2D eigenvalue weighted by Crippen LogP contribution is 2.24. The predicted octanol–water partition coefficient (Wildman–Crippen LogP) is 2.26. The molecule has 0 bridgehead atoms. The minimum atomic E-state index is -2.41. The summed E-state index contributed by atoms with van der Waals surface area (Å²) < 4.78 is 25.2. The van der Waals surface area contributed by atoms with Gasteiger partial charge in [-0.05, 0) is 12.1 Å². The van der Waals surface area contributed by atoms with Crippen LogP contribution in [0.2, 0.25) is 0 Å². The normalized spacial score (nSPS) is 19.4. The van der Waals surface area contributed by atoms with Crippen LogP contribution < -0.4 is 5.73 Å². The predicted molar refractivity (Wildman–Crippen MR) is 76.9 cm³/mol. The quantitative estimate of drug-likeness (QED) is 0.899. The minimum Gasteiger partial charge on any atom is -0.329 e. The summed E-state index contributed by atoms with van der Waals surface area (Å²) in [6.07, 6.45) is -2.41. The number of benzene rings is 1. The van der Waals surface area contributed by atoms with Gasteiger partial charge in [0, 0.05) is 44.3 Å². The average Bonchev–Trinajstić information content (AvgIpc) is 2.49. The third-order valence-corrected chi connectivity index (χ3v) is 4.09. The second kappa shape index (κ2) is 7.11. The number of alkyl halides is 2. The third kappa shape index (κ3) is 3.53. The van der Waals surface area contributed by atoms with Crippen LogP contribution in [0.5, 0.6) is 0 Å². The van der Waals surface area contributed by atoms with Crippen molar-refractivity contribution in [3.05, 3.63) is 35.4 Å². The van der Waals surface area contributed by atoms with Gasteiger partial charge in [-0.3, -0.25) is 4.90 Å². The van der Waals surface area contributed by atoms with Crippen LogP contribution in [0.15, 0.2) is 24.3 Å². The highest BCUT2D eigenvalue weighted by Gasteiger charge is 2.23. The van der Waals surface area contributed by atoms with Crippen molar-refractivity contribution in [2.75, 3.05) is 39.3 Å². The molecule has 112 valence electrons. The summed E-state index contributed by atoms with van der Waals surface area (Å²) in [4.78, 5) is 4.76. The van der Waals surface area contributed by atoms with Crippen LogP contribution in [-0.2, 0) is 0 Å². The molecule has 1 unspecified atom stereocenters. The molecule has 2 N–H and O–H groups in total. The fourth-order valence-electron chi connectivity index (χ4n) is 2.75. The first kappa shape index (κ1) is 15.4. The van der Waals surface area contributed by atoms with E-state index in [-0.39, 0.29) is 11.6 Å². The van der Waals surface area contributed by atoms with Gasteiger partial charge in [-0.2, -0.15) is 0 Å². The Balaban J connectivity index is 2.04. The Morgan fingerprint density at radius 3 is 2.05 bits per heavy atom. The number of nitrogens with two attached hydrogens (primary N) is 1. The maximum Gasteiger partial charge on any atom is 0.263 e. The molecule has 5 heteroatoms. The van der Waals surface area contributed by atoms with Crippen LogP contribution >= 0.6 is 0 Å². The molecule has 0 amide bonds. The van der Waals surface area contributed by atoms with Gasteiger partial charge >= 0.3 is 0 Å². The topological polar surface area (TPSA) is 32.5 Å². The van der Waals surface area contributed by atoms with Gasteiger partial charge in [0.15, 0.2) is 0 Å². The van der Waals surface area contributed by atoms with Gasteiger partial charge in [0.1, 0.15) is 0 Å². The first-order chi connectivity index (χ1) is 9.65. The van der Waals surface area contributed by atoms with Crippen molar-refractivity contribution < 1.29 is 8.78 Å². The van der Waals surface area contributed by atoms with E-state index in [1.807, 2.05) is 0 Å². The molecule has 1 aromatic rings. The van der Waals surface area contributed by atoms with Crippen LogP contribution in [0.4, 0.5) is 8.78 Å². The van der Waals surface area contributed by atoms with E-state index in [0.717, 1.165) is 38.3 Å². The molecular formula is C15H23F2N3. The number of rotatable bonds is 5. The Hall–Kier alpha value is -1.04. The molecule has 1 atom stereocenters. The van der Waals surface area contributed by atoms with Crippen molar-refractivity contribution in [2.24, 2.45) is 5.73 Å². The first-order valence-electron chi connectivity index (χ1n) is 7.20. The Morgan fingerprint density at radius 2 is 1.60 bits per heavy atom. The molecule has 2 rings (SSSR count). The number of halogens is 2. The molecular weight excluding hydrogens is 260 g/mol. The maximum absolute atomic E-state index is 12.6. The molecule has 1 aliphatic heterocycles. The summed E-state index contributed by atoms with van der Waals surface area (Å²) in [6, 6.07) is 6.70. The molecule has 20 heavy (non-hydrogen) atoms. The lowest BCUT2D eigenvalue weighted by Gasteiger charge is -2.38. The number of hydrogen-bond acceptors (Lipinski definition) is 3. The van der Waals surface area contributed by atoms with Gasteiger partial charge in [-0.25, -0.2) is 8.78 Å². The summed E-state index contributed by atoms with van der Waals surface area (Å²) >= 11 is 0. The van der Waals surface area contributed by atoms with Gasteiger partial charge in [-0.15, -0.1) is 0 Å². The first-order valence-corrected chi connectivity index (χ1v) is 7.20. The zero-order valence-electron chi connectivity index (χ0n) is 11.9. The van der Waals surface area contributed by atoms with E-state index in [4.69, 9.17) is 5.73 Å². The molecule has 1 fully saturated rings. The standard InChI is InChI=1S/C15H23F2N3/c1-2-19-7-9-20(10-8-19)14(11-18)12-3-5-13(6-4-12)15(16)17/h3-6,14-15H,2,7-11,18H2,1H3. The lowest BCUT2D eigenvalue weighted by Crippen LogP contribution is -2.48. The lowest BCUT2D eigenvalue weighted by atomic mass is 10.0. The molecule has 1 saturated heterocycles.